The van der Waals surface area contributed by atoms with Crippen molar-refractivity contribution in [2.24, 2.45) is 10.9 Å². The zero-order chi connectivity index (χ0) is 13.8. The summed E-state index contributed by atoms with van der Waals surface area (Å²) in [6.45, 7) is 0. The summed E-state index contributed by atoms with van der Waals surface area (Å²) in [7, 11) is 0. The Bertz CT molecular complexity index is 516. The van der Waals surface area contributed by atoms with Crippen LogP contribution in [0.25, 0.3) is 0 Å². The molecule has 2 rings (SSSR count). The summed E-state index contributed by atoms with van der Waals surface area (Å²) in [6.07, 6.45) is 1.97. The first-order valence-electron chi connectivity index (χ1n) is 5.81. The Balaban J connectivity index is 2.10. The Kier molecular flexibility index (Phi) is 4.55. The minimum absolute atomic E-state index is 0.000169. The Morgan fingerprint density at radius 2 is 2.37 bits per heavy atom. The molecule has 0 aromatic heterocycles. The maximum absolute atomic E-state index is 12.0. The van der Waals surface area contributed by atoms with Gasteiger partial charge in [-0.3, -0.25) is 4.79 Å². The van der Waals surface area contributed by atoms with Gasteiger partial charge >= 0.3 is 0 Å². The third kappa shape index (κ3) is 3.33. The molecule has 1 heterocycles. The van der Waals surface area contributed by atoms with Gasteiger partial charge in [0.05, 0.1) is 16.0 Å². The van der Waals surface area contributed by atoms with Crippen molar-refractivity contribution in [3.05, 3.63) is 28.8 Å². The number of hydrogen-bond donors (Lipinski definition) is 3. The first-order chi connectivity index (χ1) is 9.11. The first kappa shape index (κ1) is 14.0. The fourth-order valence-corrected chi connectivity index (χ4v) is 3.22. The molecule has 1 aromatic carbocycles. The highest BCUT2D eigenvalue weighted by atomic mass is 35.5. The third-order valence-electron chi connectivity index (χ3n) is 2.85. The molecular formula is C12H14ClN3O2S. The van der Waals surface area contributed by atoms with Gasteiger partial charge in [0.15, 0.2) is 5.84 Å². The van der Waals surface area contributed by atoms with E-state index in [-0.39, 0.29) is 17.0 Å². The minimum atomic E-state index is -0.0269. The van der Waals surface area contributed by atoms with Crippen LogP contribution >= 0.6 is 23.4 Å². The third-order valence-corrected chi connectivity index (χ3v) is 4.54. The van der Waals surface area contributed by atoms with Gasteiger partial charge in [0, 0.05) is 5.56 Å². The largest absolute Gasteiger partial charge is 0.409 e. The van der Waals surface area contributed by atoms with Crippen molar-refractivity contribution in [2.75, 3.05) is 11.1 Å². The summed E-state index contributed by atoms with van der Waals surface area (Å²) in [4.78, 5) is 12.0. The summed E-state index contributed by atoms with van der Waals surface area (Å²) < 4.78 is 0. The standard InChI is InChI=1S/C12H14ClN3O2S/c13-8-6-7(11(14)16-18)3-4-9(8)15-12(17)10-2-1-5-19-10/h3-4,6,10,18H,1-2,5H2,(H2,14,16)(H,15,17). The molecular weight excluding hydrogens is 286 g/mol. The molecule has 1 saturated heterocycles. The average molecular weight is 300 g/mol. The number of rotatable bonds is 3. The lowest BCUT2D eigenvalue weighted by Gasteiger charge is -2.12. The SMILES string of the molecule is N/C(=N/O)c1ccc(NC(=O)C2CCCS2)c(Cl)c1. The second kappa shape index (κ2) is 6.16. The number of oxime groups is 1. The monoisotopic (exact) mass is 299 g/mol. The molecule has 0 bridgehead atoms. The van der Waals surface area contributed by atoms with Gasteiger partial charge < -0.3 is 16.3 Å². The highest BCUT2D eigenvalue weighted by molar-refractivity contribution is 8.00. The van der Waals surface area contributed by atoms with Crippen LogP contribution in [0.15, 0.2) is 23.4 Å². The molecule has 1 amide bonds. The summed E-state index contributed by atoms with van der Waals surface area (Å²) in [5.74, 6) is 0.973. The molecule has 19 heavy (non-hydrogen) atoms. The van der Waals surface area contributed by atoms with Crippen molar-refractivity contribution in [1.29, 1.82) is 0 Å². The van der Waals surface area contributed by atoms with Crippen molar-refractivity contribution in [3.63, 3.8) is 0 Å². The number of carbonyl (C=O) groups excluding carboxylic acids is 1. The molecule has 1 aromatic rings. The van der Waals surface area contributed by atoms with E-state index in [9.17, 15) is 4.79 Å². The van der Waals surface area contributed by atoms with E-state index in [0.717, 1.165) is 18.6 Å². The molecule has 1 aliphatic heterocycles. The van der Waals surface area contributed by atoms with Crippen molar-refractivity contribution in [2.45, 2.75) is 18.1 Å². The highest BCUT2D eigenvalue weighted by Crippen LogP contribution is 2.29. The van der Waals surface area contributed by atoms with Crippen molar-refractivity contribution < 1.29 is 10.0 Å². The zero-order valence-electron chi connectivity index (χ0n) is 10.1. The van der Waals surface area contributed by atoms with Crippen LogP contribution in [0.3, 0.4) is 0 Å². The number of benzene rings is 1. The van der Waals surface area contributed by atoms with Crippen LogP contribution in [0.2, 0.25) is 5.02 Å². The Hall–Kier alpha value is -1.40. The van der Waals surface area contributed by atoms with E-state index in [1.54, 1.807) is 30.0 Å². The highest BCUT2D eigenvalue weighted by Gasteiger charge is 2.23. The molecule has 7 heteroatoms. The van der Waals surface area contributed by atoms with Crippen LogP contribution in [-0.4, -0.2) is 28.0 Å². The van der Waals surface area contributed by atoms with Gasteiger partial charge in [-0.1, -0.05) is 16.8 Å². The Labute approximate surface area is 120 Å². The molecule has 0 spiro atoms. The van der Waals surface area contributed by atoms with Gasteiger partial charge in [-0.05, 0) is 36.8 Å². The molecule has 0 saturated carbocycles. The zero-order valence-corrected chi connectivity index (χ0v) is 11.7. The van der Waals surface area contributed by atoms with E-state index >= 15 is 0 Å². The number of amides is 1. The lowest BCUT2D eigenvalue weighted by atomic mass is 10.2. The fourth-order valence-electron chi connectivity index (χ4n) is 1.83. The number of amidine groups is 1. The predicted octanol–water partition coefficient (Wildman–Crippen LogP) is 2.27. The molecule has 5 nitrogen and oxygen atoms in total. The topological polar surface area (TPSA) is 87.7 Å². The summed E-state index contributed by atoms with van der Waals surface area (Å²) in [5, 5.41) is 14.6. The van der Waals surface area contributed by atoms with Crippen molar-refractivity contribution in [3.8, 4) is 0 Å². The molecule has 4 N–H and O–H groups in total. The maximum Gasteiger partial charge on any atom is 0.237 e. The van der Waals surface area contributed by atoms with Gasteiger partial charge in [0.2, 0.25) is 5.91 Å². The minimum Gasteiger partial charge on any atom is -0.409 e. The second-order valence-electron chi connectivity index (χ2n) is 4.17. The van der Waals surface area contributed by atoms with Crippen LogP contribution in [0.5, 0.6) is 0 Å². The van der Waals surface area contributed by atoms with Crippen LogP contribution < -0.4 is 11.1 Å². The normalized spacial score (nSPS) is 19.4. The molecule has 102 valence electrons. The quantitative estimate of drug-likeness (QED) is 0.346. The van der Waals surface area contributed by atoms with Crippen molar-refractivity contribution >= 4 is 40.8 Å². The van der Waals surface area contributed by atoms with E-state index in [1.165, 1.54) is 0 Å². The smallest absolute Gasteiger partial charge is 0.237 e. The maximum atomic E-state index is 12.0. The van der Waals surface area contributed by atoms with Crippen LogP contribution in [0.4, 0.5) is 5.69 Å². The summed E-state index contributed by atoms with van der Waals surface area (Å²) >= 11 is 7.73. The van der Waals surface area contributed by atoms with E-state index in [1.807, 2.05) is 0 Å². The van der Waals surface area contributed by atoms with E-state index in [0.29, 0.717) is 16.3 Å². The number of halogens is 1. The average Bonchev–Trinajstić information content (AvgIpc) is 2.94. The summed E-state index contributed by atoms with van der Waals surface area (Å²) in [6, 6.07) is 4.83. The fraction of sp³-hybridized carbons (Fsp3) is 0.333. The number of nitrogens with zero attached hydrogens (tertiary/aromatic N) is 1. The van der Waals surface area contributed by atoms with Gasteiger partial charge in [0.25, 0.3) is 0 Å². The van der Waals surface area contributed by atoms with E-state index in [2.05, 4.69) is 10.5 Å². The lowest BCUT2D eigenvalue weighted by Crippen LogP contribution is -2.23. The summed E-state index contributed by atoms with van der Waals surface area (Å²) in [5.41, 5.74) is 6.50. The van der Waals surface area contributed by atoms with Crippen molar-refractivity contribution in [1.82, 2.24) is 0 Å². The molecule has 1 atom stereocenters. The number of anilines is 1. The van der Waals surface area contributed by atoms with Crippen LogP contribution in [-0.2, 0) is 4.79 Å². The first-order valence-corrected chi connectivity index (χ1v) is 7.24. The Morgan fingerprint density at radius 1 is 1.58 bits per heavy atom. The van der Waals surface area contributed by atoms with Gasteiger partial charge in [-0.15, -0.1) is 11.8 Å². The number of hydrogen-bond acceptors (Lipinski definition) is 4. The molecule has 1 unspecified atom stereocenters. The molecule has 0 aliphatic carbocycles. The van der Waals surface area contributed by atoms with Gasteiger partial charge in [-0.25, -0.2) is 0 Å². The Morgan fingerprint density at radius 3 is 2.95 bits per heavy atom. The second-order valence-corrected chi connectivity index (χ2v) is 5.89. The number of thioether (sulfide) groups is 1. The van der Waals surface area contributed by atoms with E-state index in [4.69, 9.17) is 22.5 Å². The number of carbonyl (C=O) groups is 1. The van der Waals surface area contributed by atoms with Crippen LogP contribution in [0.1, 0.15) is 18.4 Å². The van der Waals surface area contributed by atoms with E-state index < -0.39 is 0 Å². The van der Waals surface area contributed by atoms with Crippen LogP contribution in [0, 0.1) is 0 Å². The number of nitrogens with two attached hydrogens (primary N) is 1. The molecule has 1 fully saturated rings. The van der Waals surface area contributed by atoms with Gasteiger partial charge in [0.1, 0.15) is 0 Å². The van der Waals surface area contributed by atoms with Gasteiger partial charge in [-0.2, -0.15) is 0 Å². The predicted molar refractivity (Wildman–Crippen MR) is 78.1 cm³/mol. The molecule has 1 aliphatic rings. The molecule has 0 radical (unpaired) electrons. The number of nitrogens with one attached hydrogen (secondary N) is 1. The lowest BCUT2D eigenvalue weighted by molar-refractivity contribution is -0.115.